The largest absolute Gasteiger partial charge is 0.306 e. The zero-order valence-corrected chi connectivity index (χ0v) is 22.6. The third kappa shape index (κ3) is 7.69. The van der Waals surface area contributed by atoms with Crippen molar-refractivity contribution < 1.29 is 0 Å². The first-order valence-corrected chi connectivity index (χ1v) is 13.6. The van der Waals surface area contributed by atoms with Crippen LogP contribution in [0.5, 0.6) is 0 Å². The first kappa shape index (κ1) is 27.1. The van der Waals surface area contributed by atoms with E-state index < -0.39 is 0 Å². The van der Waals surface area contributed by atoms with Crippen molar-refractivity contribution in [2.24, 2.45) is 10.8 Å². The normalized spacial score (nSPS) is 27.3. The molecule has 4 saturated heterocycles. The van der Waals surface area contributed by atoms with Gasteiger partial charge in [0.2, 0.25) is 0 Å². The van der Waals surface area contributed by atoms with E-state index in [1.807, 2.05) is 13.8 Å². The van der Waals surface area contributed by atoms with Crippen LogP contribution in [0.1, 0.15) is 86.5 Å². The molecule has 0 saturated carbocycles. The van der Waals surface area contributed by atoms with Gasteiger partial charge in [-0.1, -0.05) is 13.8 Å². The van der Waals surface area contributed by atoms with Crippen molar-refractivity contribution in [3.63, 3.8) is 0 Å². The number of nitrogens with zero attached hydrogens (tertiary/aromatic N) is 4. The molecular weight excluding hydrogens is 380 g/mol. The number of likely N-dealkylation sites (tertiary alicyclic amines) is 4. The lowest BCUT2D eigenvalue weighted by molar-refractivity contribution is 0.0168. The molecule has 4 aliphatic rings. The minimum Gasteiger partial charge on any atom is -0.306 e. The van der Waals surface area contributed by atoms with Crippen LogP contribution in [0.2, 0.25) is 0 Å². The Morgan fingerprint density at radius 2 is 0.806 bits per heavy atom. The van der Waals surface area contributed by atoms with Crippen molar-refractivity contribution >= 4 is 0 Å². The average Bonchev–Trinajstić information content (AvgIpc) is 3.13. The SMILES string of the molecule is CC.CC(C)N1CCC2(CC1)CCN(C(C)C)CC2.CN1CCC2(CC1)CCN(C)C2. The fraction of sp³-hybridized carbons (Fsp3) is 1.00. The number of piperidine rings is 3. The molecule has 0 amide bonds. The van der Waals surface area contributed by atoms with Crippen molar-refractivity contribution in [1.29, 1.82) is 0 Å². The van der Waals surface area contributed by atoms with E-state index >= 15 is 0 Å². The van der Waals surface area contributed by atoms with Gasteiger partial charge in [0.05, 0.1) is 0 Å². The monoisotopic (exact) mass is 436 g/mol. The molecule has 4 nitrogen and oxygen atoms in total. The summed E-state index contributed by atoms with van der Waals surface area (Å²) >= 11 is 0. The summed E-state index contributed by atoms with van der Waals surface area (Å²) in [5.41, 5.74) is 1.41. The minimum absolute atomic E-state index is 0.705. The summed E-state index contributed by atoms with van der Waals surface area (Å²) in [6.07, 6.45) is 10.1. The van der Waals surface area contributed by atoms with Gasteiger partial charge < -0.3 is 19.6 Å². The number of hydrogen-bond acceptors (Lipinski definition) is 4. The van der Waals surface area contributed by atoms with Crippen LogP contribution in [0, 0.1) is 10.8 Å². The molecule has 0 radical (unpaired) electrons. The molecule has 0 aromatic rings. The van der Waals surface area contributed by atoms with Crippen molar-refractivity contribution in [3.05, 3.63) is 0 Å². The van der Waals surface area contributed by atoms with Gasteiger partial charge in [-0.15, -0.1) is 0 Å². The van der Waals surface area contributed by atoms with Crippen molar-refractivity contribution in [2.45, 2.75) is 98.6 Å². The van der Waals surface area contributed by atoms with Gasteiger partial charge in [-0.3, -0.25) is 0 Å². The molecule has 4 heterocycles. The van der Waals surface area contributed by atoms with E-state index in [9.17, 15) is 0 Å². The highest BCUT2D eigenvalue weighted by molar-refractivity contribution is 4.93. The second kappa shape index (κ2) is 12.3. The summed E-state index contributed by atoms with van der Waals surface area (Å²) in [4.78, 5) is 10.3. The Bertz CT molecular complexity index is 450. The predicted molar refractivity (Wildman–Crippen MR) is 137 cm³/mol. The molecular formula is C27H56N4. The van der Waals surface area contributed by atoms with Crippen molar-refractivity contribution in [1.82, 2.24) is 19.6 Å². The first-order chi connectivity index (χ1) is 14.7. The topological polar surface area (TPSA) is 13.0 Å². The maximum absolute atomic E-state index is 2.65. The standard InChI is InChI=1S/C15H30N2.C10H20N2.C2H6/c1-13(2)16-9-5-15(6-10-16)7-11-17(12-8-15)14(3)4;1-11-6-3-10(4-7-11)5-8-12(2)9-10;1-2/h13-14H,5-12H2,1-4H3;3-9H2,1-2H3;1-2H3. The summed E-state index contributed by atoms with van der Waals surface area (Å²) in [6, 6.07) is 1.48. The third-order valence-corrected chi connectivity index (χ3v) is 8.85. The minimum atomic E-state index is 0.705. The highest BCUT2D eigenvalue weighted by atomic mass is 15.2. The van der Waals surface area contributed by atoms with E-state index in [1.165, 1.54) is 97.3 Å². The zero-order chi connectivity index (χ0) is 23.1. The smallest absolute Gasteiger partial charge is 0.00385 e. The molecule has 0 aromatic heterocycles. The fourth-order valence-electron chi connectivity index (χ4n) is 6.19. The maximum atomic E-state index is 2.65. The molecule has 0 N–H and O–H groups in total. The lowest BCUT2D eigenvalue weighted by Crippen LogP contribution is -2.49. The van der Waals surface area contributed by atoms with Gasteiger partial charge in [0.15, 0.2) is 0 Å². The van der Waals surface area contributed by atoms with Crippen LogP contribution in [0.15, 0.2) is 0 Å². The van der Waals surface area contributed by atoms with Crippen LogP contribution in [-0.2, 0) is 0 Å². The lowest BCUT2D eigenvalue weighted by Gasteiger charge is -2.48. The fourth-order valence-corrected chi connectivity index (χ4v) is 6.19. The van der Waals surface area contributed by atoms with Crippen LogP contribution in [0.3, 0.4) is 0 Å². The van der Waals surface area contributed by atoms with E-state index in [4.69, 9.17) is 0 Å². The molecule has 2 spiro atoms. The van der Waals surface area contributed by atoms with Gasteiger partial charge in [0.25, 0.3) is 0 Å². The van der Waals surface area contributed by atoms with Gasteiger partial charge in [-0.05, 0) is 143 Å². The zero-order valence-electron chi connectivity index (χ0n) is 22.6. The summed E-state index contributed by atoms with van der Waals surface area (Å²) in [6.45, 7) is 24.0. The molecule has 0 unspecified atom stereocenters. The highest BCUT2D eigenvalue weighted by Gasteiger charge is 2.39. The second-order valence-corrected chi connectivity index (χ2v) is 11.6. The van der Waals surface area contributed by atoms with E-state index in [0.29, 0.717) is 10.8 Å². The van der Waals surface area contributed by atoms with E-state index in [2.05, 4.69) is 61.4 Å². The molecule has 0 aliphatic carbocycles. The molecule has 4 heteroatoms. The summed E-state index contributed by atoms with van der Waals surface area (Å²) in [7, 11) is 4.50. The summed E-state index contributed by atoms with van der Waals surface area (Å²) < 4.78 is 0. The molecule has 4 rings (SSSR count). The summed E-state index contributed by atoms with van der Waals surface area (Å²) in [5.74, 6) is 0. The number of rotatable bonds is 2. The van der Waals surface area contributed by atoms with Gasteiger partial charge >= 0.3 is 0 Å². The molecule has 184 valence electrons. The Hall–Kier alpha value is -0.160. The van der Waals surface area contributed by atoms with Crippen molar-refractivity contribution in [3.8, 4) is 0 Å². The average molecular weight is 437 g/mol. The quantitative estimate of drug-likeness (QED) is 0.601. The van der Waals surface area contributed by atoms with Crippen LogP contribution in [-0.4, -0.2) is 98.1 Å². The second-order valence-electron chi connectivity index (χ2n) is 11.6. The molecule has 4 aliphatic heterocycles. The van der Waals surface area contributed by atoms with Crippen LogP contribution in [0.25, 0.3) is 0 Å². The summed E-state index contributed by atoms with van der Waals surface area (Å²) in [5, 5.41) is 0. The Balaban J connectivity index is 0.000000214. The highest BCUT2D eigenvalue weighted by Crippen LogP contribution is 2.42. The predicted octanol–water partition coefficient (Wildman–Crippen LogP) is 5.04. The molecule has 0 atom stereocenters. The Morgan fingerprint density at radius 1 is 0.484 bits per heavy atom. The third-order valence-electron chi connectivity index (χ3n) is 8.85. The number of hydrogen-bond donors (Lipinski definition) is 0. The van der Waals surface area contributed by atoms with Crippen molar-refractivity contribution in [2.75, 3.05) is 66.5 Å². The van der Waals surface area contributed by atoms with Gasteiger partial charge in [-0.25, -0.2) is 0 Å². The van der Waals surface area contributed by atoms with Crippen LogP contribution >= 0.6 is 0 Å². The first-order valence-electron chi connectivity index (χ1n) is 13.6. The Kier molecular flexibility index (Phi) is 10.8. The molecule has 0 aromatic carbocycles. The Morgan fingerprint density at radius 3 is 1.13 bits per heavy atom. The van der Waals surface area contributed by atoms with Crippen LogP contribution in [0.4, 0.5) is 0 Å². The Labute approximate surface area is 195 Å². The van der Waals surface area contributed by atoms with Crippen LogP contribution < -0.4 is 0 Å². The lowest BCUT2D eigenvalue weighted by atomic mass is 9.71. The molecule has 4 fully saturated rings. The van der Waals surface area contributed by atoms with E-state index in [-0.39, 0.29) is 0 Å². The maximum Gasteiger partial charge on any atom is 0.00385 e. The molecule has 31 heavy (non-hydrogen) atoms. The van der Waals surface area contributed by atoms with E-state index in [1.54, 1.807) is 0 Å². The van der Waals surface area contributed by atoms with Gasteiger partial charge in [0.1, 0.15) is 0 Å². The van der Waals surface area contributed by atoms with E-state index in [0.717, 1.165) is 12.1 Å². The van der Waals surface area contributed by atoms with Gasteiger partial charge in [-0.2, -0.15) is 0 Å². The molecule has 0 bridgehead atoms. The van der Waals surface area contributed by atoms with Gasteiger partial charge in [0, 0.05) is 18.6 Å².